The molecule has 1 rings (SSSR count). The molecule has 108 valence electrons. The fourth-order valence-corrected chi connectivity index (χ4v) is 1.71. The van der Waals surface area contributed by atoms with Gasteiger partial charge in [0.25, 0.3) is 0 Å². The first-order chi connectivity index (χ1) is 8.73. The van der Waals surface area contributed by atoms with Crippen molar-refractivity contribution in [2.75, 3.05) is 6.61 Å². The summed E-state index contributed by atoms with van der Waals surface area (Å²) in [4.78, 5) is 0. The van der Waals surface area contributed by atoms with Crippen LogP contribution in [-0.2, 0) is 5.60 Å². The molecule has 0 aromatic heterocycles. The third-order valence-electron chi connectivity index (χ3n) is 2.86. The van der Waals surface area contributed by atoms with Crippen LogP contribution in [0.4, 0.5) is 13.2 Å². The Morgan fingerprint density at radius 3 is 2.16 bits per heavy atom. The fourth-order valence-electron chi connectivity index (χ4n) is 1.71. The van der Waals surface area contributed by atoms with E-state index in [0.717, 1.165) is 13.3 Å². The molecule has 0 aliphatic carbocycles. The number of hydrogen-bond acceptors (Lipinski definition) is 3. The van der Waals surface area contributed by atoms with Crippen LogP contribution in [-0.4, -0.2) is 23.9 Å². The Hall–Kier alpha value is -1.27. The van der Waals surface area contributed by atoms with E-state index in [4.69, 9.17) is 10.5 Å². The molecule has 0 radical (unpaired) electrons. The molecule has 2 unspecified atom stereocenters. The summed E-state index contributed by atoms with van der Waals surface area (Å²) < 4.78 is 44.2. The largest absolute Gasteiger partial charge is 0.494 e. The molecule has 0 aliphatic rings. The standard InChI is InChI=1S/C13H18F3NO2/c1-3-8-19-11-6-4-10(5-7-11)12(18,9(2)17)13(14,15)16/h4-7,9,18H,3,8,17H2,1-2H3. The minimum atomic E-state index is -4.84. The van der Waals surface area contributed by atoms with E-state index in [2.05, 4.69) is 0 Å². The second kappa shape index (κ2) is 5.79. The van der Waals surface area contributed by atoms with Gasteiger partial charge < -0.3 is 15.6 Å². The van der Waals surface area contributed by atoms with Gasteiger partial charge in [-0.25, -0.2) is 0 Å². The Morgan fingerprint density at radius 1 is 1.26 bits per heavy atom. The first-order valence-corrected chi connectivity index (χ1v) is 6.01. The number of aliphatic hydroxyl groups is 1. The minimum absolute atomic E-state index is 0.293. The van der Waals surface area contributed by atoms with Crippen LogP contribution in [0.3, 0.4) is 0 Å². The predicted molar refractivity (Wildman–Crippen MR) is 65.8 cm³/mol. The van der Waals surface area contributed by atoms with Crippen LogP contribution in [0.15, 0.2) is 24.3 Å². The quantitative estimate of drug-likeness (QED) is 0.869. The van der Waals surface area contributed by atoms with Gasteiger partial charge in [-0.15, -0.1) is 0 Å². The van der Waals surface area contributed by atoms with Crippen LogP contribution in [0.2, 0.25) is 0 Å². The van der Waals surface area contributed by atoms with E-state index in [1.54, 1.807) is 0 Å². The van der Waals surface area contributed by atoms with Crippen LogP contribution in [0.5, 0.6) is 5.75 Å². The van der Waals surface area contributed by atoms with Crippen molar-refractivity contribution < 1.29 is 23.0 Å². The molecule has 0 bridgehead atoms. The first kappa shape index (κ1) is 15.8. The fraction of sp³-hybridized carbons (Fsp3) is 0.538. The van der Waals surface area contributed by atoms with Crippen molar-refractivity contribution in [3.63, 3.8) is 0 Å². The molecule has 1 aromatic rings. The Kier molecular flexibility index (Phi) is 4.81. The van der Waals surface area contributed by atoms with Crippen molar-refractivity contribution >= 4 is 0 Å². The monoisotopic (exact) mass is 277 g/mol. The van der Waals surface area contributed by atoms with E-state index in [1.165, 1.54) is 24.3 Å². The molecule has 3 N–H and O–H groups in total. The average Bonchev–Trinajstić information content (AvgIpc) is 2.34. The topological polar surface area (TPSA) is 55.5 Å². The summed E-state index contributed by atoms with van der Waals surface area (Å²) in [6.07, 6.45) is -4.04. The highest BCUT2D eigenvalue weighted by Crippen LogP contribution is 2.41. The Labute approximate surface area is 110 Å². The van der Waals surface area contributed by atoms with Gasteiger partial charge in [-0.2, -0.15) is 13.2 Å². The summed E-state index contributed by atoms with van der Waals surface area (Å²) in [5, 5.41) is 9.87. The summed E-state index contributed by atoms with van der Waals surface area (Å²) in [5.41, 5.74) is 1.95. The second-order valence-electron chi connectivity index (χ2n) is 4.43. The number of rotatable bonds is 5. The maximum Gasteiger partial charge on any atom is 0.422 e. The summed E-state index contributed by atoms with van der Waals surface area (Å²) in [7, 11) is 0. The molecule has 0 fully saturated rings. The lowest BCUT2D eigenvalue weighted by molar-refractivity contribution is -0.272. The lowest BCUT2D eigenvalue weighted by Gasteiger charge is -2.34. The van der Waals surface area contributed by atoms with Gasteiger partial charge in [0.2, 0.25) is 5.60 Å². The molecule has 0 saturated heterocycles. The summed E-state index contributed by atoms with van der Waals surface area (Å²) >= 11 is 0. The van der Waals surface area contributed by atoms with Gasteiger partial charge in [-0.1, -0.05) is 19.1 Å². The number of alkyl halides is 3. The third kappa shape index (κ3) is 3.19. The van der Waals surface area contributed by atoms with Crippen molar-refractivity contribution in [3.8, 4) is 5.75 Å². The Bertz CT molecular complexity index is 403. The van der Waals surface area contributed by atoms with E-state index < -0.39 is 17.8 Å². The molecular formula is C13H18F3NO2. The van der Waals surface area contributed by atoms with Crippen molar-refractivity contribution in [1.29, 1.82) is 0 Å². The summed E-state index contributed by atoms with van der Waals surface area (Å²) in [6, 6.07) is 3.67. The number of nitrogens with two attached hydrogens (primary N) is 1. The molecule has 0 amide bonds. The van der Waals surface area contributed by atoms with Gasteiger partial charge >= 0.3 is 6.18 Å². The molecular weight excluding hydrogens is 259 g/mol. The van der Waals surface area contributed by atoms with Crippen molar-refractivity contribution in [2.24, 2.45) is 5.73 Å². The highest BCUT2D eigenvalue weighted by atomic mass is 19.4. The molecule has 3 nitrogen and oxygen atoms in total. The summed E-state index contributed by atoms with van der Waals surface area (Å²) in [6.45, 7) is 3.53. The number of hydrogen-bond donors (Lipinski definition) is 2. The Morgan fingerprint density at radius 2 is 1.79 bits per heavy atom. The zero-order chi connectivity index (χ0) is 14.7. The highest BCUT2D eigenvalue weighted by Gasteiger charge is 2.57. The Balaban J connectivity index is 3.06. The van der Waals surface area contributed by atoms with E-state index in [-0.39, 0.29) is 5.56 Å². The van der Waals surface area contributed by atoms with E-state index >= 15 is 0 Å². The van der Waals surface area contributed by atoms with Gasteiger partial charge in [-0.05, 0) is 31.0 Å². The minimum Gasteiger partial charge on any atom is -0.494 e. The molecule has 2 atom stereocenters. The SMILES string of the molecule is CCCOc1ccc(C(O)(C(C)N)C(F)(F)F)cc1. The molecule has 6 heteroatoms. The highest BCUT2D eigenvalue weighted by molar-refractivity contribution is 5.33. The first-order valence-electron chi connectivity index (χ1n) is 6.01. The van der Waals surface area contributed by atoms with Gasteiger partial charge in [0, 0.05) is 6.04 Å². The van der Waals surface area contributed by atoms with Crippen molar-refractivity contribution in [1.82, 2.24) is 0 Å². The zero-order valence-electron chi connectivity index (χ0n) is 10.9. The lowest BCUT2D eigenvalue weighted by atomic mass is 9.87. The van der Waals surface area contributed by atoms with Crippen LogP contribution in [0, 0.1) is 0 Å². The van der Waals surface area contributed by atoms with E-state index in [1.807, 2.05) is 6.92 Å². The molecule has 19 heavy (non-hydrogen) atoms. The lowest BCUT2D eigenvalue weighted by Crippen LogP contribution is -2.54. The number of ether oxygens (including phenoxy) is 1. The van der Waals surface area contributed by atoms with E-state index in [0.29, 0.717) is 12.4 Å². The maximum absolute atomic E-state index is 13.0. The number of benzene rings is 1. The summed E-state index contributed by atoms with van der Waals surface area (Å²) in [5.74, 6) is 0.458. The van der Waals surface area contributed by atoms with Gasteiger partial charge in [0.1, 0.15) is 5.75 Å². The molecule has 0 spiro atoms. The van der Waals surface area contributed by atoms with Crippen molar-refractivity contribution in [2.45, 2.75) is 38.1 Å². The average molecular weight is 277 g/mol. The maximum atomic E-state index is 13.0. The van der Waals surface area contributed by atoms with Crippen LogP contribution in [0.25, 0.3) is 0 Å². The van der Waals surface area contributed by atoms with Crippen molar-refractivity contribution in [3.05, 3.63) is 29.8 Å². The van der Waals surface area contributed by atoms with Gasteiger partial charge in [0.15, 0.2) is 0 Å². The molecule has 0 aliphatic heterocycles. The molecule has 0 heterocycles. The van der Waals surface area contributed by atoms with Gasteiger partial charge in [0.05, 0.1) is 6.61 Å². The smallest absolute Gasteiger partial charge is 0.422 e. The molecule has 1 aromatic carbocycles. The van der Waals surface area contributed by atoms with Gasteiger partial charge in [-0.3, -0.25) is 0 Å². The third-order valence-corrected chi connectivity index (χ3v) is 2.86. The normalized spacial score (nSPS) is 16.8. The number of halogens is 3. The molecule has 0 saturated carbocycles. The second-order valence-corrected chi connectivity index (χ2v) is 4.43. The zero-order valence-corrected chi connectivity index (χ0v) is 10.9. The predicted octanol–water partition coefficient (Wildman–Crippen LogP) is 2.57. The van der Waals surface area contributed by atoms with Crippen LogP contribution >= 0.6 is 0 Å². The van der Waals surface area contributed by atoms with Crippen LogP contribution in [0.1, 0.15) is 25.8 Å². The van der Waals surface area contributed by atoms with Crippen LogP contribution < -0.4 is 10.5 Å². The van der Waals surface area contributed by atoms with E-state index in [9.17, 15) is 18.3 Å².